The molecule has 0 unspecified atom stereocenters. The average Bonchev–Trinajstić information content (AvgIpc) is 3.19. The lowest BCUT2D eigenvalue weighted by Crippen LogP contribution is -2.47. The van der Waals surface area contributed by atoms with E-state index in [0.717, 1.165) is 11.1 Å². The van der Waals surface area contributed by atoms with E-state index in [2.05, 4.69) is 5.32 Å². The van der Waals surface area contributed by atoms with E-state index in [-0.39, 0.29) is 23.2 Å². The predicted octanol–water partition coefficient (Wildman–Crippen LogP) is 3.54. The molecular weight excluding hydrogens is 388 g/mol. The minimum absolute atomic E-state index is 0.136. The molecule has 0 saturated carbocycles. The summed E-state index contributed by atoms with van der Waals surface area (Å²) in [5.41, 5.74) is 1.92. The topological polar surface area (TPSA) is 67.9 Å². The molecule has 7 heteroatoms. The van der Waals surface area contributed by atoms with E-state index in [1.165, 1.54) is 6.92 Å². The van der Waals surface area contributed by atoms with Crippen LogP contribution < -0.4 is 14.8 Å². The Balaban J connectivity index is 1.80. The maximum absolute atomic E-state index is 13.0. The van der Waals surface area contributed by atoms with Crippen molar-refractivity contribution in [1.82, 2.24) is 10.2 Å². The highest BCUT2D eigenvalue weighted by Crippen LogP contribution is 2.43. The van der Waals surface area contributed by atoms with Gasteiger partial charge < -0.3 is 19.7 Å². The standard InChI is InChI=1S/C22H26N2O4S/c1-14(16-8-6-5-7-9-16)23-21(26)18-13-29-22(24(18)15(2)25)17-10-11-19(27-3)20(12-17)28-4/h5-12,14,18,22H,13H2,1-4H3,(H,23,26)/t14-,18+,22-/m1/s1. The highest BCUT2D eigenvalue weighted by molar-refractivity contribution is 7.99. The summed E-state index contributed by atoms with van der Waals surface area (Å²) in [6.07, 6.45) is 0. The second-order valence-corrected chi connectivity index (χ2v) is 8.00. The van der Waals surface area contributed by atoms with Crippen molar-refractivity contribution in [3.63, 3.8) is 0 Å². The zero-order valence-corrected chi connectivity index (χ0v) is 17.9. The van der Waals surface area contributed by atoms with Crippen LogP contribution in [-0.4, -0.2) is 42.7 Å². The van der Waals surface area contributed by atoms with Crippen LogP contribution in [0, 0.1) is 0 Å². The molecule has 1 aliphatic rings. The highest BCUT2D eigenvalue weighted by atomic mass is 32.2. The van der Waals surface area contributed by atoms with E-state index < -0.39 is 6.04 Å². The maximum atomic E-state index is 13.0. The molecule has 2 aromatic rings. The largest absolute Gasteiger partial charge is 0.493 e. The number of carbonyl (C=O) groups excluding carboxylic acids is 2. The van der Waals surface area contributed by atoms with Crippen molar-refractivity contribution in [3.8, 4) is 11.5 Å². The lowest BCUT2D eigenvalue weighted by Gasteiger charge is -2.29. The van der Waals surface area contributed by atoms with Crippen LogP contribution in [0.4, 0.5) is 0 Å². The fourth-order valence-corrected chi connectivity index (χ4v) is 4.96. The summed E-state index contributed by atoms with van der Waals surface area (Å²) < 4.78 is 10.7. The molecule has 0 bridgehead atoms. The van der Waals surface area contributed by atoms with Gasteiger partial charge in [-0.3, -0.25) is 9.59 Å². The normalized spacial score (nSPS) is 19.5. The fourth-order valence-electron chi connectivity index (χ4n) is 3.49. The molecule has 1 fully saturated rings. The third-order valence-electron chi connectivity index (χ3n) is 5.02. The Morgan fingerprint density at radius 2 is 1.79 bits per heavy atom. The molecule has 2 aromatic carbocycles. The predicted molar refractivity (Wildman–Crippen MR) is 114 cm³/mol. The van der Waals surface area contributed by atoms with Gasteiger partial charge in [0.1, 0.15) is 11.4 Å². The molecule has 154 valence electrons. The Bertz CT molecular complexity index is 874. The molecule has 1 saturated heterocycles. The van der Waals surface area contributed by atoms with Crippen LogP contribution in [0.2, 0.25) is 0 Å². The quantitative estimate of drug-likeness (QED) is 0.783. The molecule has 0 radical (unpaired) electrons. The number of amides is 2. The van der Waals surface area contributed by atoms with Crippen molar-refractivity contribution in [2.75, 3.05) is 20.0 Å². The van der Waals surface area contributed by atoms with Crippen molar-refractivity contribution in [2.24, 2.45) is 0 Å². The maximum Gasteiger partial charge on any atom is 0.244 e. The lowest BCUT2D eigenvalue weighted by atomic mass is 10.1. The molecule has 1 aliphatic heterocycles. The lowest BCUT2D eigenvalue weighted by molar-refractivity contribution is -0.138. The molecule has 3 rings (SSSR count). The molecule has 6 nitrogen and oxygen atoms in total. The molecule has 29 heavy (non-hydrogen) atoms. The number of hydrogen-bond acceptors (Lipinski definition) is 5. The van der Waals surface area contributed by atoms with Crippen LogP contribution in [0.5, 0.6) is 11.5 Å². The van der Waals surface area contributed by atoms with Crippen LogP contribution in [0.3, 0.4) is 0 Å². The van der Waals surface area contributed by atoms with Crippen LogP contribution in [0.15, 0.2) is 48.5 Å². The highest BCUT2D eigenvalue weighted by Gasteiger charge is 2.41. The zero-order chi connectivity index (χ0) is 21.0. The Morgan fingerprint density at radius 1 is 1.10 bits per heavy atom. The third kappa shape index (κ3) is 4.50. The van der Waals surface area contributed by atoms with Gasteiger partial charge in [-0.25, -0.2) is 0 Å². The van der Waals surface area contributed by atoms with Gasteiger partial charge in [0.05, 0.1) is 20.3 Å². The number of nitrogens with zero attached hydrogens (tertiary/aromatic N) is 1. The van der Waals surface area contributed by atoms with E-state index in [4.69, 9.17) is 9.47 Å². The number of nitrogens with one attached hydrogen (secondary N) is 1. The van der Waals surface area contributed by atoms with Gasteiger partial charge in [-0.05, 0) is 30.2 Å². The van der Waals surface area contributed by atoms with E-state index in [1.54, 1.807) is 30.9 Å². The second-order valence-electron chi connectivity index (χ2n) is 6.88. The van der Waals surface area contributed by atoms with E-state index in [1.807, 2.05) is 55.5 Å². The fraction of sp³-hybridized carbons (Fsp3) is 0.364. The summed E-state index contributed by atoms with van der Waals surface area (Å²) in [6, 6.07) is 14.7. The van der Waals surface area contributed by atoms with Gasteiger partial charge in [-0.15, -0.1) is 11.8 Å². The first-order valence-electron chi connectivity index (χ1n) is 9.44. The van der Waals surface area contributed by atoms with Gasteiger partial charge >= 0.3 is 0 Å². The SMILES string of the molecule is COc1ccc([C@H]2SC[C@@H](C(=O)N[C@H](C)c3ccccc3)N2C(C)=O)cc1OC. The molecular formula is C22H26N2O4S. The first kappa shape index (κ1) is 21.0. The van der Waals surface area contributed by atoms with Crippen LogP contribution in [0.25, 0.3) is 0 Å². The summed E-state index contributed by atoms with van der Waals surface area (Å²) in [5.74, 6) is 1.47. The van der Waals surface area contributed by atoms with Crippen molar-refractivity contribution < 1.29 is 19.1 Å². The summed E-state index contributed by atoms with van der Waals surface area (Å²) in [5, 5.41) is 2.79. The van der Waals surface area contributed by atoms with Crippen molar-refractivity contribution >= 4 is 23.6 Å². The Kier molecular flexibility index (Phi) is 6.69. The van der Waals surface area contributed by atoms with Gasteiger partial charge in [0.2, 0.25) is 11.8 Å². The number of carbonyl (C=O) groups is 2. The number of ether oxygens (including phenoxy) is 2. The second kappa shape index (κ2) is 9.22. The van der Waals surface area contributed by atoms with Gasteiger partial charge in [0.25, 0.3) is 0 Å². The van der Waals surface area contributed by atoms with Crippen molar-refractivity contribution in [2.45, 2.75) is 31.3 Å². The zero-order valence-electron chi connectivity index (χ0n) is 17.0. The first-order valence-corrected chi connectivity index (χ1v) is 10.5. The van der Waals surface area contributed by atoms with Crippen molar-refractivity contribution in [3.05, 3.63) is 59.7 Å². The summed E-state index contributed by atoms with van der Waals surface area (Å²) in [7, 11) is 3.16. The Morgan fingerprint density at radius 3 is 2.41 bits per heavy atom. The number of methoxy groups -OCH3 is 2. The van der Waals surface area contributed by atoms with E-state index in [9.17, 15) is 9.59 Å². The van der Waals surface area contributed by atoms with Crippen molar-refractivity contribution in [1.29, 1.82) is 0 Å². The molecule has 2 amide bonds. The smallest absolute Gasteiger partial charge is 0.244 e. The minimum atomic E-state index is -0.526. The van der Waals surface area contributed by atoms with Crippen LogP contribution >= 0.6 is 11.8 Å². The first-order chi connectivity index (χ1) is 14.0. The average molecular weight is 415 g/mol. The number of thioether (sulfide) groups is 1. The molecule has 3 atom stereocenters. The Labute approximate surface area is 175 Å². The van der Waals surface area contributed by atoms with Crippen LogP contribution in [-0.2, 0) is 9.59 Å². The summed E-state index contributed by atoms with van der Waals surface area (Å²) >= 11 is 1.57. The van der Waals surface area contributed by atoms with Gasteiger partial charge in [-0.2, -0.15) is 0 Å². The third-order valence-corrected chi connectivity index (χ3v) is 6.34. The molecule has 0 spiro atoms. The van der Waals surface area contributed by atoms with Crippen LogP contribution in [0.1, 0.15) is 36.4 Å². The number of hydrogen-bond donors (Lipinski definition) is 1. The van der Waals surface area contributed by atoms with Gasteiger partial charge in [0.15, 0.2) is 11.5 Å². The van der Waals surface area contributed by atoms with Gasteiger partial charge in [0, 0.05) is 12.7 Å². The summed E-state index contributed by atoms with van der Waals surface area (Å²) in [4.78, 5) is 27.1. The van der Waals surface area contributed by atoms with E-state index >= 15 is 0 Å². The molecule has 0 aromatic heterocycles. The monoisotopic (exact) mass is 414 g/mol. The number of rotatable bonds is 6. The Hall–Kier alpha value is -2.67. The number of benzene rings is 2. The molecule has 1 N–H and O–H groups in total. The van der Waals surface area contributed by atoms with Gasteiger partial charge in [-0.1, -0.05) is 36.4 Å². The summed E-state index contributed by atoms with van der Waals surface area (Å²) in [6.45, 7) is 3.44. The molecule has 0 aliphatic carbocycles. The minimum Gasteiger partial charge on any atom is -0.493 e. The van der Waals surface area contributed by atoms with E-state index in [0.29, 0.717) is 17.3 Å². The molecule has 1 heterocycles.